The lowest BCUT2D eigenvalue weighted by Gasteiger charge is -2.21. The Bertz CT molecular complexity index is 649. The van der Waals surface area contributed by atoms with Crippen LogP contribution in [0.3, 0.4) is 0 Å². The van der Waals surface area contributed by atoms with Crippen molar-refractivity contribution in [2.45, 2.75) is 40.2 Å². The van der Waals surface area contributed by atoms with Crippen LogP contribution in [0.4, 0.5) is 5.82 Å². The average Bonchev–Trinajstić information content (AvgIpc) is 2.60. The molecule has 5 heteroatoms. The quantitative estimate of drug-likeness (QED) is 0.808. The van der Waals surface area contributed by atoms with Gasteiger partial charge in [0.2, 0.25) is 0 Å². The van der Waals surface area contributed by atoms with Crippen molar-refractivity contribution in [3.63, 3.8) is 0 Å². The molecule has 0 bridgehead atoms. The van der Waals surface area contributed by atoms with Crippen LogP contribution in [0, 0.1) is 6.92 Å². The molecule has 24 heavy (non-hydrogen) atoms. The Morgan fingerprint density at radius 2 is 1.83 bits per heavy atom. The predicted octanol–water partition coefficient (Wildman–Crippen LogP) is 3.34. The van der Waals surface area contributed by atoms with Crippen LogP contribution in [0.1, 0.15) is 48.3 Å². The van der Waals surface area contributed by atoms with E-state index in [-0.39, 0.29) is 5.91 Å². The molecule has 2 aromatic rings. The number of aromatic nitrogens is 2. The first-order valence-electron chi connectivity index (χ1n) is 8.56. The van der Waals surface area contributed by atoms with Crippen molar-refractivity contribution in [3.8, 4) is 0 Å². The van der Waals surface area contributed by atoms with Gasteiger partial charge in [-0.25, -0.2) is 0 Å². The van der Waals surface area contributed by atoms with Gasteiger partial charge in [-0.15, -0.1) is 10.2 Å². The second-order valence-corrected chi connectivity index (χ2v) is 5.94. The number of rotatable bonds is 8. The summed E-state index contributed by atoms with van der Waals surface area (Å²) in [7, 11) is 0. The van der Waals surface area contributed by atoms with Crippen molar-refractivity contribution in [2.75, 3.05) is 18.0 Å². The molecular weight excluding hydrogens is 300 g/mol. The van der Waals surface area contributed by atoms with Crippen LogP contribution in [0.2, 0.25) is 0 Å². The van der Waals surface area contributed by atoms with E-state index in [4.69, 9.17) is 0 Å². The molecular formula is C19H26N4O. The maximum absolute atomic E-state index is 12.2. The Hall–Kier alpha value is -2.43. The van der Waals surface area contributed by atoms with E-state index in [9.17, 15) is 4.79 Å². The highest BCUT2D eigenvalue weighted by Crippen LogP contribution is 2.11. The van der Waals surface area contributed by atoms with Crippen molar-refractivity contribution in [1.29, 1.82) is 0 Å². The van der Waals surface area contributed by atoms with E-state index in [0.29, 0.717) is 12.2 Å². The number of anilines is 1. The smallest absolute Gasteiger partial charge is 0.272 e. The number of benzene rings is 1. The summed E-state index contributed by atoms with van der Waals surface area (Å²) in [6.45, 7) is 8.70. The second-order valence-electron chi connectivity index (χ2n) is 5.94. The Kier molecular flexibility index (Phi) is 6.73. The zero-order chi connectivity index (χ0) is 17.4. The minimum absolute atomic E-state index is 0.201. The molecule has 0 unspecified atom stereocenters. The van der Waals surface area contributed by atoms with Crippen molar-refractivity contribution >= 4 is 11.7 Å². The number of amides is 1. The summed E-state index contributed by atoms with van der Waals surface area (Å²) >= 11 is 0. The van der Waals surface area contributed by atoms with Gasteiger partial charge in [0, 0.05) is 19.6 Å². The minimum Gasteiger partial charge on any atom is -0.355 e. The van der Waals surface area contributed by atoms with Crippen LogP contribution in [-0.4, -0.2) is 29.2 Å². The number of carbonyl (C=O) groups is 1. The normalized spacial score (nSPS) is 10.5. The topological polar surface area (TPSA) is 58.1 Å². The third-order valence-electron chi connectivity index (χ3n) is 3.73. The third-order valence-corrected chi connectivity index (χ3v) is 3.73. The summed E-state index contributed by atoms with van der Waals surface area (Å²) < 4.78 is 0. The number of nitrogens with zero attached hydrogens (tertiary/aromatic N) is 3. The Morgan fingerprint density at radius 3 is 2.42 bits per heavy atom. The number of nitrogens with one attached hydrogen (secondary N) is 1. The van der Waals surface area contributed by atoms with E-state index < -0.39 is 0 Å². The fourth-order valence-corrected chi connectivity index (χ4v) is 2.59. The lowest BCUT2D eigenvalue weighted by Crippen LogP contribution is -2.27. The van der Waals surface area contributed by atoms with Gasteiger partial charge in [-0.05, 0) is 37.5 Å². The fourth-order valence-electron chi connectivity index (χ4n) is 2.59. The largest absolute Gasteiger partial charge is 0.355 e. The van der Waals surface area contributed by atoms with Gasteiger partial charge in [-0.3, -0.25) is 4.79 Å². The molecule has 2 rings (SSSR count). The second kappa shape index (κ2) is 9.01. The molecule has 0 aliphatic carbocycles. The van der Waals surface area contributed by atoms with Gasteiger partial charge in [0.05, 0.1) is 0 Å². The van der Waals surface area contributed by atoms with Gasteiger partial charge in [0.25, 0.3) is 5.91 Å². The van der Waals surface area contributed by atoms with Crippen molar-refractivity contribution in [3.05, 3.63) is 53.2 Å². The van der Waals surface area contributed by atoms with Gasteiger partial charge in [-0.1, -0.05) is 43.7 Å². The standard InChI is InChI=1S/C19H26N4O/c1-4-11-23(12-5-2)18-10-9-17(21-22-18)19(24)20-14-16-8-6-7-15(3)13-16/h6-10,13H,4-5,11-12,14H2,1-3H3,(H,20,24). The van der Waals surface area contributed by atoms with Crippen LogP contribution in [0.5, 0.6) is 0 Å². The number of hydrogen-bond acceptors (Lipinski definition) is 4. The van der Waals surface area contributed by atoms with Gasteiger partial charge >= 0.3 is 0 Å². The fraction of sp³-hybridized carbons (Fsp3) is 0.421. The van der Waals surface area contributed by atoms with Crippen molar-refractivity contribution < 1.29 is 4.79 Å². The predicted molar refractivity (Wildman–Crippen MR) is 97.2 cm³/mol. The highest BCUT2D eigenvalue weighted by atomic mass is 16.1. The Morgan fingerprint density at radius 1 is 1.08 bits per heavy atom. The lowest BCUT2D eigenvalue weighted by atomic mass is 10.1. The molecule has 128 valence electrons. The van der Waals surface area contributed by atoms with Gasteiger partial charge < -0.3 is 10.2 Å². The number of carbonyl (C=O) groups excluding carboxylic acids is 1. The molecule has 1 heterocycles. The first-order chi connectivity index (χ1) is 11.6. The van der Waals surface area contributed by atoms with E-state index in [1.165, 1.54) is 5.56 Å². The van der Waals surface area contributed by atoms with Crippen LogP contribution < -0.4 is 10.2 Å². The monoisotopic (exact) mass is 326 g/mol. The minimum atomic E-state index is -0.201. The molecule has 1 aromatic heterocycles. The molecule has 0 aliphatic heterocycles. The van der Waals surface area contributed by atoms with E-state index in [2.05, 4.69) is 40.3 Å². The maximum Gasteiger partial charge on any atom is 0.272 e. The average molecular weight is 326 g/mol. The van der Waals surface area contributed by atoms with Crippen LogP contribution in [-0.2, 0) is 6.54 Å². The maximum atomic E-state index is 12.2. The van der Waals surface area contributed by atoms with Gasteiger partial charge in [0.15, 0.2) is 11.5 Å². The van der Waals surface area contributed by atoms with Gasteiger partial charge in [-0.2, -0.15) is 0 Å². The molecule has 0 atom stereocenters. The molecule has 1 amide bonds. The Labute approximate surface area is 144 Å². The Balaban J connectivity index is 1.97. The van der Waals surface area contributed by atoms with Crippen LogP contribution in [0.15, 0.2) is 36.4 Å². The first-order valence-corrected chi connectivity index (χ1v) is 8.56. The molecule has 0 saturated carbocycles. The summed E-state index contributed by atoms with van der Waals surface area (Å²) in [5, 5.41) is 11.2. The molecule has 5 nitrogen and oxygen atoms in total. The molecule has 0 radical (unpaired) electrons. The molecule has 0 aliphatic rings. The van der Waals surface area contributed by atoms with Crippen LogP contribution in [0.25, 0.3) is 0 Å². The SMILES string of the molecule is CCCN(CCC)c1ccc(C(=O)NCc2cccc(C)c2)nn1. The van der Waals surface area contributed by atoms with E-state index in [1.807, 2.05) is 31.2 Å². The molecule has 0 fully saturated rings. The summed E-state index contributed by atoms with van der Waals surface area (Å²) in [6, 6.07) is 11.7. The summed E-state index contributed by atoms with van der Waals surface area (Å²) in [5.41, 5.74) is 2.60. The van der Waals surface area contributed by atoms with Crippen molar-refractivity contribution in [1.82, 2.24) is 15.5 Å². The zero-order valence-corrected chi connectivity index (χ0v) is 14.7. The molecule has 1 N–H and O–H groups in total. The lowest BCUT2D eigenvalue weighted by molar-refractivity contribution is 0.0945. The highest BCUT2D eigenvalue weighted by Gasteiger charge is 2.11. The van der Waals surface area contributed by atoms with Crippen LogP contribution >= 0.6 is 0 Å². The number of hydrogen-bond donors (Lipinski definition) is 1. The summed E-state index contributed by atoms with van der Waals surface area (Å²) in [4.78, 5) is 14.4. The van der Waals surface area contributed by atoms with Crippen molar-refractivity contribution in [2.24, 2.45) is 0 Å². The molecule has 0 saturated heterocycles. The van der Waals surface area contributed by atoms with E-state index in [1.54, 1.807) is 6.07 Å². The van der Waals surface area contributed by atoms with E-state index in [0.717, 1.165) is 37.3 Å². The van der Waals surface area contributed by atoms with E-state index >= 15 is 0 Å². The number of aryl methyl sites for hydroxylation is 1. The summed E-state index contributed by atoms with van der Waals surface area (Å²) in [5.74, 6) is 0.627. The third kappa shape index (κ3) is 5.05. The zero-order valence-electron chi connectivity index (χ0n) is 14.7. The first kappa shape index (κ1) is 17.9. The highest BCUT2D eigenvalue weighted by molar-refractivity contribution is 5.92. The van der Waals surface area contributed by atoms with Gasteiger partial charge in [0.1, 0.15) is 0 Å². The molecule has 0 spiro atoms. The molecule has 1 aromatic carbocycles. The summed E-state index contributed by atoms with van der Waals surface area (Å²) in [6.07, 6.45) is 2.11.